The van der Waals surface area contributed by atoms with Crippen LogP contribution in [-0.4, -0.2) is 128 Å². The lowest BCUT2D eigenvalue weighted by molar-refractivity contribution is -0.146. The molecule has 318 valence electrons. The highest BCUT2D eigenvalue weighted by Gasteiger charge is 2.42. The number of likely N-dealkylation sites (tertiary alicyclic amines) is 1. The number of anilines is 1. The van der Waals surface area contributed by atoms with Crippen molar-refractivity contribution in [1.82, 2.24) is 25.3 Å². The number of aliphatic hydroxyl groups is 1. The average molecular weight is 795 g/mol. The number of aliphatic hydroxyl groups excluding tert-OH is 1. The molecule has 9 atom stereocenters. The predicted octanol–water partition coefficient (Wildman–Crippen LogP) is 4.04. The number of ether oxygens (including phenoxy) is 2. The Morgan fingerprint density at radius 1 is 0.947 bits per heavy atom. The molecule has 8 unspecified atom stereocenters. The van der Waals surface area contributed by atoms with E-state index in [4.69, 9.17) is 15.2 Å². The van der Waals surface area contributed by atoms with E-state index in [0.717, 1.165) is 24.8 Å². The van der Waals surface area contributed by atoms with Crippen LogP contribution in [0.2, 0.25) is 0 Å². The molecule has 1 aliphatic heterocycles. The number of nitrogens with two attached hydrogens (primary N) is 1. The lowest BCUT2D eigenvalue weighted by atomic mass is 9.90. The van der Waals surface area contributed by atoms with Crippen molar-refractivity contribution in [2.45, 2.75) is 116 Å². The van der Waals surface area contributed by atoms with Crippen LogP contribution in [0.4, 0.5) is 5.69 Å². The van der Waals surface area contributed by atoms with Gasteiger partial charge in [0, 0.05) is 40.0 Å². The number of nitrogens with one attached hydrogen (secondary N) is 2. The van der Waals surface area contributed by atoms with Crippen molar-refractivity contribution in [1.29, 1.82) is 0 Å². The first-order valence-corrected chi connectivity index (χ1v) is 20.5. The summed E-state index contributed by atoms with van der Waals surface area (Å²) in [5.74, 6) is -1.53. The number of amides is 4. The van der Waals surface area contributed by atoms with Crippen molar-refractivity contribution in [3.8, 4) is 0 Å². The number of carbonyl (C=O) groups is 4. The van der Waals surface area contributed by atoms with Gasteiger partial charge in [0.05, 0.1) is 61.4 Å². The summed E-state index contributed by atoms with van der Waals surface area (Å²) in [5.41, 5.74) is 8.37. The zero-order valence-electron chi connectivity index (χ0n) is 35.9. The van der Waals surface area contributed by atoms with E-state index in [2.05, 4.69) is 10.6 Å². The van der Waals surface area contributed by atoms with Crippen molar-refractivity contribution in [3.63, 3.8) is 0 Å². The molecule has 0 saturated carbocycles. The van der Waals surface area contributed by atoms with Crippen molar-refractivity contribution in [2.24, 2.45) is 17.8 Å². The Hall–Kier alpha value is -4.04. The standard InChI is InChI=1S/C44H70N6O7/c1-11-29(4)40(49(8)38(52)27-46-44(55)39(28(2)3)48(7)25-23-32-19-21-34(45)22-20-32)36(56-9)26-37(51)50-24-15-18-35(50)42(57-10)30(5)43(54)47-31(6)41(53)33-16-13-12-14-17-33/h12-14,16-17,19-22,28-31,35-36,39-42,53H,11,15,18,23-27,45H2,1-10H3,(H,46,55)(H,47,54)/t29?,30?,31-,35?,36?,39?,40?,41?,42?/m1/s1. The summed E-state index contributed by atoms with van der Waals surface area (Å²) in [6.07, 6.45) is 0.853. The first-order valence-electron chi connectivity index (χ1n) is 20.5. The van der Waals surface area contributed by atoms with Gasteiger partial charge in [0.1, 0.15) is 0 Å². The van der Waals surface area contributed by atoms with Crippen LogP contribution in [0.15, 0.2) is 54.6 Å². The summed E-state index contributed by atoms with van der Waals surface area (Å²) in [6.45, 7) is 12.6. The molecule has 1 saturated heterocycles. The fraction of sp³-hybridized carbons (Fsp3) is 0.636. The number of hydrogen-bond donors (Lipinski definition) is 4. The molecule has 0 aromatic heterocycles. The van der Waals surface area contributed by atoms with Gasteiger partial charge in [0.2, 0.25) is 23.6 Å². The largest absolute Gasteiger partial charge is 0.399 e. The molecule has 0 radical (unpaired) electrons. The molecule has 1 fully saturated rings. The molecule has 2 aromatic rings. The van der Waals surface area contributed by atoms with Crippen LogP contribution in [-0.2, 0) is 35.1 Å². The Balaban J connectivity index is 1.65. The smallest absolute Gasteiger partial charge is 0.242 e. The van der Waals surface area contributed by atoms with Gasteiger partial charge in [0.15, 0.2) is 0 Å². The minimum Gasteiger partial charge on any atom is -0.399 e. The number of nitrogens with zero attached hydrogens (tertiary/aromatic N) is 3. The first-order chi connectivity index (χ1) is 27.1. The first kappa shape index (κ1) is 47.3. The number of methoxy groups -OCH3 is 2. The van der Waals surface area contributed by atoms with Crippen LogP contribution >= 0.6 is 0 Å². The van der Waals surface area contributed by atoms with E-state index in [9.17, 15) is 24.3 Å². The molecule has 2 aromatic carbocycles. The third kappa shape index (κ3) is 13.0. The molecule has 0 spiro atoms. The molecule has 57 heavy (non-hydrogen) atoms. The third-order valence-electron chi connectivity index (χ3n) is 11.8. The Bertz CT molecular complexity index is 1560. The van der Waals surface area contributed by atoms with E-state index in [-0.39, 0.29) is 54.5 Å². The highest BCUT2D eigenvalue weighted by atomic mass is 16.5. The lowest BCUT2D eigenvalue weighted by Crippen LogP contribution is -2.55. The average Bonchev–Trinajstić information content (AvgIpc) is 3.69. The van der Waals surface area contributed by atoms with Gasteiger partial charge in [-0.3, -0.25) is 24.1 Å². The summed E-state index contributed by atoms with van der Waals surface area (Å²) in [4.78, 5) is 60.3. The van der Waals surface area contributed by atoms with Gasteiger partial charge < -0.3 is 40.7 Å². The Kier molecular flexibility index (Phi) is 18.9. The molecule has 3 rings (SSSR count). The Labute approximate surface area is 341 Å². The summed E-state index contributed by atoms with van der Waals surface area (Å²) in [6, 6.07) is 15.1. The van der Waals surface area contributed by atoms with Crippen LogP contribution in [0.25, 0.3) is 0 Å². The van der Waals surface area contributed by atoms with Gasteiger partial charge in [-0.1, -0.05) is 83.5 Å². The molecule has 1 aliphatic rings. The van der Waals surface area contributed by atoms with E-state index in [0.29, 0.717) is 30.8 Å². The van der Waals surface area contributed by atoms with Crippen molar-refractivity contribution in [2.75, 3.05) is 53.7 Å². The summed E-state index contributed by atoms with van der Waals surface area (Å²) in [5, 5.41) is 16.7. The third-order valence-corrected chi connectivity index (χ3v) is 11.8. The van der Waals surface area contributed by atoms with Crippen LogP contribution < -0.4 is 16.4 Å². The summed E-state index contributed by atoms with van der Waals surface area (Å²) >= 11 is 0. The highest BCUT2D eigenvalue weighted by Crippen LogP contribution is 2.30. The predicted molar refractivity (Wildman–Crippen MR) is 224 cm³/mol. The van der Waals surface area contributed by atoms with Gasteiger partial charge >= 0.3 is 0 Å². The molecule has 0 aliphatic carbocycles. The summed E-state index contributed by atoms with van der Waals surface area (Å²) < 4.78 is 11.9. The second-order valence-electron chi connectivity index (χ2n) is 16.2. The maximum atomic E-state index is 14.1. The van der Waals surface area contributed by atoms with Gasteiger partial charge in [0.25, 0.3) is 0 Å². The van der Waals surface area contributed by atoms with E-state index >= 15 is 0 Å². The molecule has 1 heterocycles. The van der Waals surface area contributed by atoms with E-state index in [1.54, 1.807) is 44.9 Å². The van der Waals surface area contributed by atoms with E-state index in [1.165, 1.54) is 0 Å². The minimum atomic E-state index is -0.881. The van der Waals surface area contributed by atoms with Crippen molar-refractivity contribution < 1.29 is 33.8 Å². The fourth-order valence-corrected chi connectivity index (χ4v) is 8.23. The van der Waals surface area contributed by atoms with Gasteiger partial charge in [-0.15, -0.1) is 0 Å². The van der Waals surface area contributed by atoms with Crippen LogP contribution in [0.3, 0.4) is 0 Å². The number of benzene rings is 2. The van der Waals surface area contributed by atoms with Gasteiger partial charge in [-0.05, 0) is 68.3 Å². The number of rotatable bonds is 22. The van der Waals surface area contributed by atoms with Crippen LogP contribution in [0, 0.1) is 17.8 Å². The zero-order chi connectivity index (χ0) is 42.4. The maximum Gasteiger partial charge on any atom is 0.242 e. The molecule has 13 nitrogen and oxygen atoms in total. The van der Waals surface area contributed by atoms with Crippen LogP contribution in [0.1, 0.15) is 84.5 Å². The number of hydrogen-bond acceptors (Lipinski definition) is 9. The second-order valence-corrected chi connectivity index (χ2v) is 16.2. The lowest BCUT2D eigenvalue weighted by Gasteiger charge is -2.39. The van der Waals surface area contributed by atoms with Crippen molar-refractivity contribution in [3.05, 3.63) is 65.7 Å². The van der Waals surface area contributed by atoms with Crippen LogP contribution in [0.5, 0.6) is 0 Å². The SMILES string of the molecule is CCC(C)C(C(CC(=O)N1CCCC1C(OC)C(C)C(=O)N[C@H](C)C(O)c1ccccc1)OC)N(C)C(=O)CNC(=O)C(C(C)C)N(C)CCc1ccc(N)cc1. The maximum absolute atomic E-state index is 14.1. The quantitative estimate of drug-likeness (QED) is 0.129. The number of likely N-dealkylation sites (N-methyl/N-ethyl adjacent to an activating group) is 2. The molecular formula is C44H70N6O7. The number of nitrogen functional groups attached to an aromatic ring is 1. The Morgan fingerprint density at radius 3 is 2.18 bits per heavy atom. The van der Waals surface area contributed by atoms with Gasteiger partial charge in [-0.2, -0.15) is 0 Å². The Morgan fingerprint density at radius 2 is 1.60 bits per heavy atom. The normalized spacial score (nSPS) is 18.6. The highest BCUT2D eigenvalue weighted by molar-refractivity contribution is 5.88. The second kappa shape index (κ2) is 22.8. The molecule has 13 heteroatoms. The topological polar surface area (TPSA) is 167 Å². The number of carbonyl (C=O) groups excluding carboxylic acids is 4. The monoisotopic (exact) mass is 795 g/mol. The minimum absolute atomic E-state index is 0.00610. The molecule has 4 amide bonds. The zero-order valence-corrected chi connectivity index (χ0v) is 35.9. The molecule has 0 bridgehead atoms. The van der Waals surface area contributed by atoms with E-state index < -0.39 is 42.4 Å². The fourth-order valence-electron chi connectivity index (χ4n) is 8.23. The van der Waals surface area contributed by atoms with Gasteiger partial charge in [-0.25, -0.2) is 0 Å². The van der Waals surface area contributed by atoms with E-state index in [1.807, 2.05) is 94.2 Å². The summed E-state index contributed by atoms with van der Waals surface area (Å²) in [7, 11) is 6.73. The van der Waals surface area contributed by atoms with Crippen molar-refractivity contribution >= 4 is 29.3 Å². The molecule has 5 N–H and O–H groups in total. The molecular weight excluding hydrogens is 725 g/mol.